The SMILES string of the molecule is CCNC(=NCC1(c2ccc(F)cc2)CCOCC1)NCC1CC(=O)Nc2ccccc21.I. The summed E-state index contributed by atoms with van der Waals surface area (Å²) in [5, 5.41) is 9.71. The van der Waals surface area contributed by atoms with E-state index in [1.807, 2.05) is 37.3 Å². The van der Waals surface area contributed by atoms with Gasteiger partial charge in [0.1, 0.15) is 5.82 Å². The number of ether oxygens (including phenoxy) is 1. The summed E-state index contributed by atoms with van der Waals surface area (Å²) in [6.45, 7) is 5.31. The van der Waals surface area contributed by atoms with Crippen molar-refractivity contribution >= 4 is 41.5 Å². The summed E-state index contributed by atoms with van der Waals surface area (Å²) in [6, 6.07) is 14.7. The lowest BCUT2D eigenvalue weighted by Gasteiger charge is -2.36. The predicted molar refractivity (Wildman–Crippen MR) is 140 cm³/mol. The summed E-state index contributed by atoms with van der Waals surface area (Å²) in [5.41, 5.74) is 2.95. The average molecular weight is 566 g/mol. The van der Waals surface area contributed by atoms with Crippen LogP contribution in [-0.4, -0.2) is 44.7 Å². The second kappa shape index (κ2) is 11.8. The molecule has 0 aromatic heterocycles. The van der Waals surface area contributed by atoms with Gasteiger partial charge in [0.2, 0.25) is 5.91 Å². The maximum atomic E-state index is 13.5. The summed E-state index contributed by atoms with van der Waals surface area (Å²) < 4.78 is 19.1. The van der Waals surface area contributed by atoms with Gasteiger partial charge in [0.05, 0.1) is 6.54 Å². The van der Waals surface area contributed by atoms with E-state index in [1.165, 1.54) is 12.1 Å². The van der Waals surface area contributed by atoms with Crippen molar-refractivity contribution in [3.63, 3.8) is 0 Å². The minimum atomic E-state index is -0.230. The van der Waals surface area contributed by atoms with Gasteiger partial charge < -0.3 is 20.7 Å². The van der Waals surface area contributed by atoms with Crippen molar-refractivity contribution in [1.29, 1.82) is 0 Å². The van der Waals surface area contributed by atoms with Crippen molar-refractivity contribution in [2.75, 3.05) is 38.2 Å². The van der Waals surface area contributed by atoms with E-state index < -0.39 is 0 Å². The molecule has 2 aromatic carbocycles. The van der Waals surface area contributed by atoms with Crippen LogP contribution in [0.2, 0.25) is 0 Å². The summed E-state index contributed by atoms with van der Waals surface area (Å²) in [5.74, 6) is 0.614. The van der Waals surface area contributed by atoms with Crippen LogP contribution in [0.3, 0.4) is 0 Å². The average Bonchev–Trinajstić information content (AvgIpc) is 2.81. The smallest absolute Gasteiger partial charge is 0.225 e. The lowest BCUT2D eigenvalue weighted by atomic mass is 9.74. The Hall–Kier alpha value is -2.20. The van der Waals surface area contributed by atoms with Gasteiger partial charge in [-0.25, -0.2) is 4.39 Å². The highest BCUT2D eigenvalue weighted by Gasteiger charge is 2.34. The zero-order valence-corrected chi connectivity index (χ0v) is 21.2. The molecule has 178 valence electrons. The standard InChI is InChI=1S/C25H31FN4O2.HI/c1-2-27-24(28-16-18-15-23(31)30-22-6-4-3-5-21(18)22)29-17-25(11-13-32-14-12-25)19-7-9-20(26)10-8-19;/h3-10,18H,2,11-17H2,1H3,(H,30,31)(H2,27,28,29);1H. The molecular weight excluding hydrogens is 534 g/mol. The second-order valence-corrected chi connectivity index (χ2v) is 8.51. The molecule has 0 bridgehead atoms. The molecule has 2 aliphatic heterocycles. The first kappa shape index (κ1) is 25.4. The molecule has 0 radical (unpaired) electrons. The van der Waals surface area contributed by atoms with Gasteiger partial charge in [-0.3, -0.25) is 9.79 Å². The molecule has 1 amide bonds. The molecule has 0 aliphatic carbocycles. The molecule has 0 spiro atoms. The van der Waals surface area contributed by atoms with Gasteiger partial charge in [-0.2, -0.15) is 0 Å². The molecule has 2 aliphatic rings. The normalized spacial score (nSPS) is 19.6. The van der Waals surface area contributed by atoms with E-state index >= 15 is 0 Å². The summed E-state index contributed by atoms with van der Waals surface area (Å²) >= 11 is 0. The lowest BCUT2D eigenvalue weighted by Crippen LogP contribution is -2.43. The minimum Gasteiger partial charge on any atom is -0.381 e. The van der Waals surface area contributed by atoms with E-state index in [1.54, 1.807) is 0 Å². The number of carbonyl (C=O) groups is 1. The lowest BCUT2D eigenvalue weighted by molar-refractivity contribution is -0.116. The number of benzene rings is 2. The molecule has 1 atom stereocenters. The molecule has 33 heavy (non-hydrogen) atoms. The zero-order valence-electron chi connectivity index (χ0n) is 18.9. The highest BCUT2D eigenvalue weighted by atomic mass is 127. The molecule has 3 N–H and O–H groups in total. The number of hydrogen-bond acceptors (Lipinski definition) is 3. The molecule has 2 heterocycles. The Morgan fingerprint density at radius 3 is 2.61 bits per heavy atom. The Kier molecular flexibility index (Phi) is 9.08. The van der Waals surface area contributed by atoms with Gasteiger partial charge >= 0.3 is 0 Å². The van der Waals surface area contributed by atoms with Gasteiger partial charge in [0, 0.05) is 49.7 Å². The van der Waals surface area contributed by atoms with Crippen molar-refractivity contribution < 1.29 is 13.9 Å². The fourth-order valence-electron chi connectivity index (χ4n) is 4.58. The number of nitrogens with one attached hydrogen (secondary N) is 3. The molecular formula is C25H32FIN4O2. The van der Waals surface area contributed by atoms with E-state index in [-0.39, 0.29) is 47.0 Å². The van der Waals surface area contributed by atoms with Crippen LogP contribution in [-0.2, 0) is 14.9 Å². The van der Waals surface area contributed by atoms with Crippen LogP contribution >= 0.6 is 24.0 Å². The Morgan fingerprint density at radius 2 is 1.88 bits per heavy atom. The zero-order chi connectivity index (χ0) is 22.4. The van der Waals surface area contributed by atoms with E-state index in [9.17, 15) is 9.18 Å². The number of amides is 1. The van der Waals surface area contributed by atoms with E-state index in [0.717, 1.165) is 42.2 Å². The van der Waals surface area contributed by atoms with Crippen LogP contribution in [0, 0.1) is 5.82 Å². The largest absolute Gasteiger partial charge is 0.381 e. The first-order chi connectivity index (χ1) is 15.6. The number of guanidine groups is 1. The molecule has 8 heteroatoms. The predicted octanol–water partition coefficient (Wildman–Crippen LogP) is 4.17. The molecule has 2 aromatic rings. The monoisotopic (exact) mass is 566 g/mol. The van der Waals surface area contributed by atoms with Crippen molar-refractivity contribution in [2.24, 2.45) is 4.99 Å². The molecule has 0 saturated carbocycles. The van der Waals surface area contributed by atoms with Crippen LogP contribution in [0.5, 0.6) is 0 Å². The first-order valence-electron chi connectivity index (χ1n) is 11.3. The number of rotatable bonds is 6. The second-order valence-electron chi connectivity index (χ2n) is 8.51. The number of hydrogen-bond donors (Lipinski definition) is 3. The van der Waals surface area contributed by atoms with Crippen molar-refractivity contribution in [2.45, 2.75) is 37.5 Å². The van der Waals surface area contributed by atoms with Crippen LogP contribution < -0.4 is 16.0 Å². The third kappa shape index (κ3) is 6.23. The van der Waals surface area contributed by atoms with Crippen molar-refractivity contribution in [1.82, 2.24) is 10.6 Å². The van der Waals surface area contributed by atoms with Crippen LogP contribution in [0.1, 0.15) is 43.2 Å². The molecule has 1 saturated heterocycles. The number of anilines is 1. The van der Waals surface area contributed by atoms with Crippen LogP contribution in [0.15, 0.2) is 53.5 Å². The third-order valence-electron chi connectivity index (χ3n) is 6.41. The number of fused-ring (bicyclic) bond motifs is 1. The summed E-state index contributed by atoms with van der Waals surface area (Å²) in [6.07, 6.45) is 2.13. The number of para-hydroxylation sites is 1. The van der Waals surface area contributed by atoms with E-state index in [0.29, 0.717) is 32.7 Å². The van der Waals surface area contributed by atoms with Gasteiger partial charge in [-0.1, -0.05) is 30.3 Å². The fourth-order valence-corrected chi connectivity index (χ4v) is 4.58. The number of carbonyl (C=O) groups excluding carboxylic acids is 1. The number of halogens is 2. The Bertz CT molecular complexity index is 961. The van der Waals surface area contributed by atoms with Gasteiger partial charge in [-0.05, 0) is 49.1 Å². The Labute approximate surface area is 211 Å². The topological polar surface area (TPSA) is 74.8 Å². The van der Waals surface area contributed by atoms with E-state index in [4.69, 9.17) is 9.73 Å². The molecule has 6 nitrogen and oxygen atoms in total. The quantitative estimate of drug-likeness (QED) is 0.279. The summed E-state index contributed by atoms with van der Waals surface area (Å²) in [4.78, 5) is 17.1. The summed E-state index contributed by atoms with van der Waals surface area (Å²) in [7, 11) is 0. The Balaban J connectivity index is 0.00000306. The van der Waals surface area contributed by atoms with Gasteiger partial charge in [0.25, 0.3) is 0 Å². The van der Waals surface area contributed by atoms with E-state index in [2.05, 4.69) is 22.0 Å². The van der Waals surface area contributed by atoms with Gasteiger partial charge in [0.15, 0.2) is 5.96 Å². The maximum Gasteiger partial charge on any atom is 0.225 e. The first-order valence-corrected chi connectivity index (χ1v) is 11.3. The number of nitrogens with zero attached hydrogens (tertiary/aromatic N) is 1. The Morgan fingerprint density at radius 1 is 1.15 bits per heavy atom. The molecule has 1 unspecified atom stereocenters. The van der Waals surface area contributed by atoms with Gasteiger partial charge in [-0.15, -0.1) is 24.0 Å². The highest BCUT2D eigenvalue weighted by molar-refractivity contribution is 14.0. The number of aliphatic imine (C=N–C) groups is 1. The van der Waals surface area contributed by atoms with Crippen LogP contribution in [0.25, 0.3) is 0 Å². The highest BCUT2D eigenvalue weighted by Crippen LogP contribution is 2.35. The minimum absolute atomic E-state index is 0. The van der Waals surface area contributed by atoms with Crippen LogP contribution in [0.4, 0.5) is 10.1 Å². The van der Waals surface area contributed by atoms with Crippen molar-refractivity contribution in [3.8, 4) is 0 Å². The molecule has 1 fully saturated rings. The third-order valence-corrected chi connectivity index (χ3v) is 6.41. The fraction of sp³-hybridized carbons (Fsp3) is 0.440. The maximum absolute atomic E-state index is 13.5. The van der Waals surface area contributed by atoms with Crippen molar-refractivity contribution in [3.05, 3.63) is 65.5 Å². The molecule has 4 rings (SSSR count).